The molecule has 0 aliphatic heterocycles. The normalized spacial score (nSPS) is 12.9. The van der Waals surface area contributed by atoms with Crippen LogP contribution in [-0.4, -0.2) is 21.9 Å². The minimum absolute atomic E-state index is 0.191. The first-order valence-electron chi connectivity index (χ1n) is 3.85. The Morgan fingerprint density at radius 1 is 1.43 bits per heavy atom. The largest absolute Gasteiger partial charge is 0.524 e. The molecule has 14 heavy (non-hydrogen) atoms. The molecule has 82 valence electrons. The lowest BCUT2D eigenvalue weighted by Gasteiger charge is -2.07. The second-order valence-electron chi connectivity index (χ2n) is 2.82. The molecule has 0 atom stereocenters. The van der Waals surface area contributed by atoms with Crippen molar-refractivity contribution >= 4 is 13.8 Å². The highest BCUT2D eigenvalue weighted by Gasteiger charge is 2.16. The first-order valence-corrected chi connectivity index (χ1v) is 5.38. The van der Waals surface area contributed by atoms with Crippen LogP contribution in [0.25, 0.3) is 0 Å². The van der Waals surface area contributed by atoms with Crippen LogP contribution in [0, 0.1) is 0 Å². The predicted octanol–water partition coefficient (Wildman–Crippen LogP) is 0.951. The zero-order valence-corrected chi connectivity index (χ0v) is 9.02. The quantitative estimate of drug-likeness (QED) is 0.319. The number of rotatable bonds is 4. The number of allylic oxidation sites excluding steroid dienone is 1. The summed E-state index contributed by atoms with van der Waals surface area (Å²) in [6.45, 7) is 4.57. The average Bonchev–Trinajstić information content (AvgIpc) is 1.77. The molecule has 2 N–H and O–H groups in total. The number of carbonyl (C=O) groups excluding carboxylic acids is 1. The van der Waals surface area contributed by atoms with Gasteiger partial charge in [-0.15, -0.1) is 0 Å². The Hall–Kier alpha value is -0.840. The monoisotopic (exact) mass is 224 g/mol. The first kappa shape index (κ1) is 13.2. The van der Waals surface area contributed by atoms with Crippen molar-refractivity contribution < 1.29 is 28.4 Å². The van der Waals surface area contributed by atoms with E-state index in [0.717, 1.165) is 6.08 Å². The lowest BCUT2D eigenvalue weighted by molar-refractivity contribution is -0.141. The van der Waals surface area contributed by atoms with Gasteiger partial charge in [0, 0.05) is 0 Å². The van der Waals surface area contributed by atoms with Crippen LogP contribution in [0.2, 0.25) is 0 Å². The van der Waals surface area contributed by atoms with E-state index in [4.69, 9.17) is 9.79 Å². The summed E-state index contributed by atoms with van der Waals surface area (Å²) in [4.78, 5) is 27.7. The van der Waals surface area contributed by atoms with Crippen LogP contribution >= 0.6 is 7.82 Å². The summed E-state index contributed by atoms with van der Waals surface area (Å²) in [7, 11) is -4.59. The summed E-state index contributed by atoms with van der Waals surface area (Å²) >= 11 is 0. The Kier molecular flexibility index (Phi) is 4.83. The Morgan fingerprint density at radius 2 is 1.93 bits per heavy atom. The molecule has 0 aliphatic rings. The van der Waals surface area contributed by atoms with Crippen LogP contribution in [0.3, 0.4) is 0 Å². The molecule has 0 heterocycles. The van der Waals surface area contributed by atoms with E-state index in [1.807, 2.05) is 0 Å². The van der Waals surface area contributed by atoms with Crippen LogP contribution in [0.1, 0.15) is 20.8 Å². The van der Waals surface area contributed by atoms with Crippen molar-refractivity contribution in [3.05, 3.63) is 11.8 Å². The summed E-state index contributed by atoms with van der Waals surface area (Å²) in [6.07, 6.45) is 0.584. The number of ether oxygens (including phenoxy) is 1. The third-order valence-corrected chi connectivity index (χ3v) is 1.46. The highest BCUT2D eigenvalue weighted by molar-refractivity contribution is 7.46. The van der Waals surface area contributed by atoms with Gasteiger partial charge in [0.15, 0.2) is 0 Å². The summed E-state index contributed by atoms with van der Waals surface area (Å²) in [5.41, 5.74) is 0. The molecule has 0 aromatic heterocycles. The van der Waals surface area contributed by atoms with Crippen LogP contribution < -0.4 is 0 Å². The number of carbonyl (C=O) groups is 1. The maximum Gasteiger partial charge on any atom is 0.524 e. The van der Waals surface area contributed by atoms with Crippen LogP contribution in [-0.2, 0) is 18.6 Å². The van der Waals surface area contributed by atoms with Gasteiger partial charge >= 0.3 is 13.8 Å². The zero-order chi connectivity index (χ0) is 11.4. The molecular weight excluding hydrogens is 211 g/mol. The van der Waals surface area contributed by atoms with Gasteiger partial charge in [-0.25, -0.2) is 9.36 Å². The number of phosphoric ester groups is 1. The molecule has 6 nitrogen and oxygen atoms in total. The van der Waals surface area contributed by atoms with Gasteiger partial charge in [0.1, 0.15) is 5.76 Å². The van der Waals surface area contributed by atoms with Gasteiger partial charge in [-0.1, -0.05) is 0 Å². The maximum atomic E-state index is 10.9. The smallest absolute Gasteiger partial charge is 0.460 e. The van der Waals surface area contributed by atoms with E-state index >= 15 is 0 Å². The SMILES string of the molecule is CC(=CC(=O)OC(C)C)OP(=O)(O)O. The van der Waals surface area contributed by atoms with E-state index in [2.05, 4.69) is 9.26 Å². The van der Waals surface area contributed by atoms with Crippen molar-refractivity contribution in [3.8, 4) is 0 Å². The van der Waals surface area contributed by atoms with E-state index < -0.39 is 13.8 Å². The fourth-order valence-corrected chi connectivity index (χ4v) is 1.07. The summed E-state index contributed by atoms with van der Waals surface area (Å²) < 4.78 is 19.1. The van der Waals surface area contributed by atoms with E-state index in [1.54, 1.807) is 13.8 Å². The van der Waals surface area contributed by atoms with Crippen molar-refractivity contribution in [3.63, 3.8) is 0 Å². The van der Waals surface area contributed by atoms with Crippen LogP contribution in [0.15, 0.2) is 11.8 Å². The molecule has 0 aliphatic carbocycles. The van der Waals surface area contributed by atoms with Crippen molar-refractivity contribution in [2.24, 2.45) is 0 Å². The fraction of sp³-hybridized carbons (Fsp3) is 0.571. The Labute approximate surface area is 81.8 Å². The minimum atomic E-state index is -4.59. The number of phosphoric acid groups is 1. The topological polar surface area (TPSA) is 93.1 Å². The molecule has 0 saturated heterocycles. The van der Waals surface area contributed by atoms with Crippen molar-refractivity contribution in [1.82, 2.24) is 0 Å². The molecular formula is C7H13O6P. The standard InChI is InChI=1S/C7H13O6P/c1-5(2)12-7(8)4-6(3)13-14(9,10)11/h4-5H,1-3H3,(H2,9,10,11). The number of hydrogen-bond donors (Lipinski definition) is 2. The first-order chi connectivity index (χ1) is 6.20. The van der Waals surface area contributed by atoms with Crippen molar-refractivity contribution in [2.45, 2.75) is 26.9 Å². The summed E-state index contributed by atoms with van der Waals surface area (Å²) in [5, 5.41) is 0. The van der Waals surface area contributed by atoms with Gasteiger partial charge in [-0.05, 0) is 20.8 Å². The molecule has 0 saturated carbocycles. The van der Waals surface area contributed by atoms with Crippen molar-refractivity contribution in [1.29, 1.82) is 0 Å². The molecule has 0 rings (SSSR count). The van der Waals surface area contributed by atoms with E-state index in [9.17, 15) is 9.36 Å². The molecule has 0 bridgehead atoms. The van der Waals surface area contributed by atoms with Gasteiger partial charge in [-0.2, -0.15) is 0 Å². The molecule has 0 aromatic carbocycles. The molecule has 0 radical (unpaired) electrons. The Balaban J connectivity index is 4.24. The van der Waals surface area contributed by atoms with Gasteiger partial charge in [0.05, 0.1) is 12.2 Å². The molecule has 0 unspecified atom stereocenters. The molecule has 7 heteroatoms. The van der Waals surface area contributed by atoms with Gasteiger partial charge in [0.25, 0.3) is 0 Å². The average molecular weight is 224 g/mol. The summed E-state index contributed by atoms with van der Waals surface area (Å²) in [5.74, 6) is -0.894. The summed E-state index contributed by atoms with van der Waals surface area (Å²) in [6, 6.07) is 0. The fourth-order valence-electron chi connectivity index (χ4n) is 0.646. The predicted molar refractivity (Wildman–Crippen MR) is 48.1 cm³/mol. The molecule has 0 amide bonds. The second-order valence-corrected chi connectivity index (χ2v) is 3.99. The molecule has 0 spiro atoms. The lowest BCUT2D eigenvalue weighted by atomic mass is 10.4. The zero-order valence-electron chi connectivity index (χ0n) is 8.13. The maximum absolute atomic E-state index is 10.9. The van der Waals surface area contributed by atoms with Gasteiger partial charge in [0.2, 0.25) is 0 Å². The highest BCUT2D eigenvalue weighted by Crippen LogP contribution is 2.38. The Bertz CT molecular complexity index is 276. The number of esters is 1. The second kappa shape index (κ2) is 5.14. The van der Waals surface area contributed by atoms with E-state index in [1.165, 1.54) is 6.92 Å². The molecule has 0 fully saturated rings. The molecule has 0 aromatic rings. The highest BCUT2D eigenvalue weighted by atomic mass is 31.2. The van der Waals surface area contributed by atoms with Crippen molar-refractivity contribution in [2.75, 3.05) is 0 Å². The lowest BCUT2D eigenvalue weighted by Crippen LogP contribution is -2.09. The van der Waals surface area contributed by atoms with Gasteiger partial charge < -0.3 is 9.26 Å². The van der Waals surface area contributed by atoms with E-state index in [0.29, 0.717) is 0 Å². The van der Waals surface area contributed by atoms with Crippen LogP contribution in [0.4, 0.5) is 0 Å². The third-order valence-electron chi connectivity index (χ3n) is 0.936. The van der Waals surface area contributed by atoms with Crippen LogP contribution in [0.5, 0.6) is 0 Å². The third kappa shape index (κ3) is 7.79. The van der Waals surface area contributed by atoms with E-state index in [-0.39, 0.29) is 11.9 Å². The number of hydrogen-bond acceptors (Lipinski definition) is 4. The minimum Gasteiger partial charge on any atom is -0.460 e. The van der Waals surface area contributed by atoms with Gasteiger partial charge in [-0.3, -0.25) is 9.79 Å². The Morgan fingerprint density at radius 3 is 2.29 bits per heavy atom.